The molecule has 0 amide bonds. The summed E-state index contributed by atoms with van der Waals surface area (Å²) in [6.07, 6.45) is 1.21. The van der Waals surface area contributed by atoms with Crippen LogP contribution in [0.5, 0.6) is 5.75 Å². The van der Waals surface area contributed by atoms with E-state index in [0.29, 0.717) is 11.1 Å². The van der Waals surface area contributed by atoms with E-state index >= 15 is 0 Å². The lowest BCUT2D eigenvalue weighted by atomic mass is 10.2. The van der Waals surface area contributed by atoms with Crippen LogP contribution in [0.25, 0.3) is 0 Å². The Labute approximate surface area is 108 Å². The SMILES string of the molecule is CO/C=C(/Oc1ccccc1CBr)C(=O)OC. The minimum atomic E-state index is -0.587. The van der Waals surface area contributed by atoms with Gasteiger partial charge in [-0.05, 0) is 6.07 Å². The number of hydrogen-bond acceptors (Lipinski definition) is 4. The highest BCUT2D eigenvalue weighted by atomic mass is 79.9. The number of benzene rings is 1. The van der Waals surface area contributed by atoms with Crippen LogP contribution in [0.1, 0.15) is 5.56 Å². The van der Waals surface area contributed by atoms with Crippen LogP contribution in [0.3, 0.4) is 0 Å². The largest absolute Gasteiger partial charge is 0.500 e. The second-order valence-electron chi connectivity index (χ2n) is 3.05. The van der Waals surface area contributed by atoms with Gasteiger partial charge in [-0.1, -0.05) is 34.1 Å². The molecule has 4 nitrogen and oxygen atoms in total. The van der Waals surface area contributed by atoms with Crippen molar-refractivity contribution in [1.29, 1.82) is 0 Å². The molecule has 1 aromatic rings. The number of alkyl halides is 1. The summed E-state index contributed by atoms with van der Waals surface area (Å²) < 4.78 is 14.8. The quantitative estimate of drug-likeness (QED) is 0.363. The number of ether oxygens (including phenoxy) is 3. The number of hydrogen-bond donors (Lipinski definition) is 0. The van der Waals surface area contributed by atoms with Gasteiger partial charge in [-0.15, -0.1) is 0 Å². The van der Waals surface area contributed by atoms with Crippen molar-refractivity contribution in [3.05, 3.63) is 41.9 Å². The van der Waals surface area contributed by atoms with Gasteiger partial charge in [0.25, 0.3) is 0 Å². The number of para-hydroxylation sites is 1. The summed E-state index contributed by atoms with van der Waals surface area (Å²) in [7, 11) is 2.72. The van der Waals surface area contributed by atoms with Gasteiger partial charge < -0.3 is 14.2 Å². The Balaban J connectivity index is 2.94. The van der Waals surface area contributed by atoms with Crippen LogP contribution in [0.2, 0.25) is 0 Å². The van der Waals surface area contributed by atoms with Gasteiger partial charge in [0, 0.05) is 10.9 Å². The Morgan fingerprint density at radius 1 is 1.35 bits per heavy atom. The molecule has 0 spiro atoms. The second-order valence-corrected chi connectivity index (χ2v) is 3.61. The van der Waals surface area contributed by atoms with Crippen molar-refractivity contribution in [3.8, 4) is 5.75 Å². The summed E-state index contributed by atoms with van der Waals surface area (Å²) in [5, 5.41) is 0.630. The van der Waals surface area contributed by atoms with E-state index in [9.17, 15) is 4.79 Å². The number of halogens is 1. The summed E-state index contributed by atoms with van der Waals surface area (Å²) in [5.74, 6) is -0.00213. The molecule has 0 fully saturated rings. The third-order valence-corrected chi connectivity index (χ3v) is 2.55. The van der Waals surface area contributed by atoms with E-state index in [2.05, 4.69) is 20.7 Å². The van der Waals surface area contributed by atoms with Crippen LogP contribution in [-0.2, 0) is 19.6 Å². The maximum absolute atomic E-state index is 11.4. The molecule has 0 aliphatic rings. The molecule has 0 aliphatic heterocycles. The molecule has 0 saturated heterocycles. The topological polar surface area (TPSA) is 44.8 Å². The van der Waals surface area contributed by atoms with Crippen molar-refractivity contribution < 1.29 is 19.0 Å². The summed E-state index contributed by atoms with van der Waals surface area (Å²) >= 11 is 3.34. The van der Waals surface area contributed by atoms with E-state index in [0.717, 1.165) is 5.56 Å². The first-order valence-electron chi connectivity index (χ1n) is 4.86. The number of esters is 1. The molecule has 0 heterocycles. The number of methoxy groups -OCH3 is 2. The highest BCUT2D eigenvalue weighted by molar-refractivity contribution is 9.08. The highest BCUT2D eigenvalue weighted by Crippen LogP contribution is 2.22. The van der Waals surface area contributed by atoms with Gasteiger partial charge in [-0.2, -0.15) is 0 Å². The van der Waals surface area contributed by atoms with Crippen molar-refractivity contribution in [2.24, 2.45) is 0 Å². The van der Waals surface area contributed by atoms with Crippen molar-refractivity contribution in [1.82, 2.24) is 0 Å². The van der Waals surface area contributed by atoms with Gasteiger partial charge >= 0.3 is 5.97 Å². The summed E-state index contributed by atoms with van der Waals surface area (Å²) in [6, 6.07) is 7.37. The summed E-state index contributed by atoms with van der Waals surface area (Å²) in [6.45, 7) is 0. The molecule has 0 aliphatic carbocycles. The van der Waals surface area contributed by atoms with Crippen LogP contribution in [-0.4, -0.2) is 20.2 Å². The second kappa shape index (κ2) is 6.96. The Hall–Kier alpha value is -1.49. The van der Waals surface area contributed by atoms with Crippen molar-refractivity contribution in [3.63, 3.8) is 0 Å². The van der Waals surface area contributed by atoms with E-state index < -0.39 is 5.97 Å². The molecule has 17 heavy (non-hydrogen) atoms. The third kappa shape index (κ3) is 3.78. The van der Waals surface area contributed by atoms with Crippen molar-refractivity contribution in [2.75, 3.05) is 14.2 Å². The Morgan fingerprint density at radius 2 is 2.06 bits per heavy atom. The smallest absolute Gasteiger partial charge is 0.377 e. The summed E-state index contributed by atoms with van der Waals surface area (Å²) in [4.78, 5) is 11.4. The predicted octanol–water partition coefficient (Wildman–Crippen LogP) is 2.62. The van der Waals surface area contributed by atoms with Crippen molar-refractivity contribution >= 4 is 21.9 Å². The standard InChI is InChI=1S/C12H13BrO4/c1-15-8-11(12(14)16-2)17-10-6-4-3-5-9(10)7-13/h3-6,8H,7H2,1-2H3/b11-8+. The number of carbonyl (C=O) groups excluding carboxylic acids is 1. The normalized spacial score (nSPS) is 10.9. The minimum absolute atomic E-state index is 0.00315. The zero-order valence-corrected chi connectivity index (χ0v) is 11.2. The van der Waals surface area contributed by atoms with E-state index in [4.69, 9.17) is 9.47 Å². The van der Waals surface area contributed by atoms with Gasteiger partial charge in [0.15, 0.2) is 0 Å². The molecule has 5 heteroatoms. The van der Waals surface area contributed by atoms with Gasteiger partial charge in [0.1, 0.15) is 12.0 Å². The number of carbonyl (C=O) groups is 1. The van der Waals surface area contributed by atoms with Gasteiger partial charge in [-0.3, -0.25) is 0 Å². The van der Waals surface area contributed by atoms with Gasteiger partial charge in [0.05, 0.1) is 14.2 Å². The lowest BCUT2D eigenvalue weighted by molar-refractivity contribution is -0.138. The molecule has 0 aromatic heterocycles. The van der Waals surface area contributed by atoms with Gasteiger partial charge in [0.2, 0.25) is 5.76 Å². The first kappa shape index (κ1) is 13.6. The number of rotatable bonds is 5. The van der Waals surface area contributed by atoms with Crippen molar-refractivity contribution in [2.45, 2.75) is 5.33 Å². The lowest BCUT2D eigenvalue weighted by Gasteiger charge is -2.10. The lowest BCUT2D eigenvalue weighted by Crippen LogP contribution is -2.11. The molecule has 1 rings (SSSR count). The van der Waals surface area contributed by atoms with Crippen LogP contribution in [0.4, 0.5) is 0 Å². The summed E-state index contributed by atoms with van der Waals surface area (Å²) in [5.41, 5.74) is 0.929. The van der Waals surface area contributed by atoms with Gasteiger partial charge in [-0.25, -0.2) is 4.79 Å². The molecule has 1 aromatic carbocycles. The van der Waals surface area contributed by atoms with Crippen LogP contribution in [0, 0.1) is 0 Å². The molecule has 0 unspecified atom stereocenters. The van der Waals surface area contributed by atoms with E-state index in [1.807, 2.05) is 18.2 Å². The zero-order valence-electron chi connectivity index (χ0n) is 9.60. The highest BCUT2D eigenvalue weighted by Gasteiger charge is 2.14. The van der Waals surface area contributed by atoms with Crippen LogP contribution in [0.15, 0.2) is 36.3 Å². The maximum atomic E-state index is 11.4. The fraction of sp³-hybridized carbons (Fsp3) is 0.250. The Morgan fingerprint density at radius 3 is 2.65 bits per heavy atom. The Kier molecular flexibility index (Phi) is 5.56. The first-order chi connectivity index (χ1) is 8.22. The molecular formula is C12H13BrO4. The first-order valence-corrected chi connectivity index (χ1v) is 5.98. The fourth-order valence-corrected chi connectivity index (χ4v) is 1.62. The predicted molar refractivity (Wildman–Crippen MR) is 66.8 cm³/mol. The monoisotopic (exact) mass is 300 g/mol. The van der Waals surface area contributed by atoms with E-state index in [1.165, 1.54) is 20.5 Å². The molecule has 0 atom stereocenters. The van der Waals surface area contributed by atoms with Crippen LogP contribution >= 0.6 is 15.9 Å². The van der Waals surface area contributed by atoms with E-state index in [-0.39, 0.29) is 5.76 Å². The maximum Gasteiger partial charge on any atom is 0.377 e. The molecule has 92 valence electrons. The average Bonchev–Trinajstić information content (AvgIpc) is 2.38. The molecule has 0 saturated carbocycles. The van der Waals surface area contributed by atoms with Crippen LogP contribution < -0.4 is 4.74 Å². The fourth-order valence-electron chi connectivity index (χ4n) is 1.15. The molecular weight excluding hydrogens is 288 g/mol. The van der Waals surface area contributed by atoms with E-state index in [1.54, 1.807) is 6.07 Å². The molecule has 0 bridgehead atoms. The zero-order chi connectivity index (χ0) is 12.7. The average molecular weight is 301 g/mol. The Bertz CT molecular complexity index is 415. The molecule has 0 radical (unpaired) electrons. The molecule has 0 N–H and O–H groups in total. The minimum Gasteiger partial charge on any atom is -0.500 e. The third-order valence-electron chi connectivity index (χ3n) is 1.95.